The molecule has 1 N–H and O–H groups in total. The molecule has 3 rings (SSSR count). The van der Waals surface area contributed by atoms with E-state index in [2.05, 4.69) is 15.2 Å². The van der Waals surface area contributed by atoms with Gasteiger partial charge in [-0.2, -0.15) is 5.10 Å². The number of benzene rings is 2. The molecule has 1 heterocycles. The first kappa shape index (κ1) is 21.7. The normalized spacial score (nSPS) is 10.5. The SMILES string of the molecule is COC(=O)c1cc(C(=O)NCc2c(C)nn(Cc3ccccc3)c2C)cc([N+](=O)[O-])c1. The minimum atomic E-state index is -0.758. The van der Waals surface area contributed by atoms with Crippen LogP contribution < -0.4 is 5.32 Å². The Morgan fingerprint density at radius 1 is 1.13 bits per heavy atom. The molecule has 1 aromatic heterocycles. The number of aryl methyl sites for hydroxylation is 1. The van der Waals surface area contributed by atoms with Crippen molar-refractivity contribution in [3.63, 3.8) is 0 Å². The van der Waals surface area contributed by atoms with E-state index in [0.29, 0.717) is 6.54 Å². The molecule has 2 aromatic carbocycles. The van der Waals surface area contributed by atoms with Crippen molar-refractivity contribution in [1.29, 1.82) is 0 Å². The zero-order valence-corrected chi connectivity index (χ0v) is 17.4. The van der Waals surface area contributed by atoms with Gasteiger partial charge in [0.15, 0.2) is 0 Å². The molecule has 0 atom stereocenters. The highest BCUT2D eigenvalue weighted by atomic mass is 16.6. The van der Waals surface area contributed by atoms with Gasteiger partial charge in [0.1, 0.15) is 0 Å². The molecular weight excluding hydrogens is 400 g/mol. The molecule has 0 spiro atoms. The van der Waals surface area contributed by atoms with Crippen LogP contribution in [0.3, 0.4) is 0 Å². The summed E-state index contributed by atoms with van der Waals surface area (Å²) in [5, 5.41) is 18.5. The molecule has 0 saturated heterocycles. The van der Waals surface area contributed by atoms with Gasteiger partial charge in [0.25, 0.3) is 11.6 Å². The minimum Gasteiger partial charge on any atom is -0.465 e. The Hall–Kier alpha value is -4.01. The van der Waals surface area contributed by atoms with E-state index in [4.69, 9.17) is 0 Å². The molecule has 0 fully saturated rings. The molecule has 9 nitrogen and oxygen atoms in total. The van der Waals surface area contributed by atoms with Crippen LogP contribution in [0.1, 0.15) is 43.2 Å². The molecule has 0 aliphatic rings. The number of carbonyl (C=O) groups excluding carboxylic acids is 2. The second-order valence-corrected chi connectivity index (χ2v) is 6.99. The number of rotatable bonds is 7. The first-order valence-electron chi connectivity index (χ1n) is 9.53. The lowest BCUT2D eigenvalue weighted by Crippen LogP contribution is -2.24. The van der Waals surface area contributed by atoms with Gasteiger partial charge in [-0.1, -0.05) is 30.3 Å². The number of non-ortho nitro benzene ring substituents is 1. The maximum absolute atomic E-state index is 12.7. The van der Waals surface area contributed by atoms with Crippen LogP contribution >= 0.6 is 0 Å². The summed E-state index contributed by atoms with van der Waals surface area (Å²) in [6, 6.07) is 13.4. The molecule has 0 radical (unpaired) electrons. The van der Waals surface area contributed by atoms with E-state index in [9.17, 15) is 19.7 Å². The number of methoxy groups -OCH3 is 1. The number of nitrogens with one attached hydrogen (secondary N) is 1. The Morgan fingerprint density at radius 3 is 2.45 bits per heavy atom. The van der Waals surface area contributed by atoms with Gasteiger partial charge in [-0.05, 0) is 25.5 Å². The van der Waals surface area contributed by atoms with Crippen molar-refractivity contribution in [3.8, 4) is 0 Å². The summed E-state index contributed by atoms with van der Waals surface area (Å²) < 4.78 is 6.48. The Morgan fingerprint density at radius 2 is 1.81 bits per heavy atom. The second kappa shape index (κ2) is 9.21. The lowest BCUT2D eigenvalue weighted by molar-refractivity contribution is -0.384. The van der Waals surface area contributed by atoms with E-state index < -0.39 is 16.8 Å². The maximum atomic E-state index is 12.7. The van der Waals surface area contributed by atoms with Gasteiger partial charge in [0, 0.05) is 35.5 Å². The number of esters is 1. The number of carbonyl (C=O) groups is 2. The van der Waals surface area contributed by atoms with Gasteiger partial charge in [0.2, 0.25) is 0 Å². The van der Waals surface area contributed by atoms with Gasteiger partial charge >= 0.3 is 5.97 Å². The standard InChI is InChI=1S/C22H22N4O5/c1-14-20(15(2)25(24-14)13-16-7-5-4-6-8-16)12-23-21(27)17-9-18(22(28)31-3)11-19(10-17)26(29)30/h4-11H,12-13H2,1-3H3,(H,23,27). The van der Waals surface area contributed by atoms with Gasteiger partial charge in [-0.3, -0.25) is 19.6 Å². The Balaban J connectivity index is 1.79. The van der Waals surface area contributed by atoms with Crippen LogP contribution in [0, 0.1) is 24.0 Å². The Labute approximate surface area is 178 Å². The zero-order chi connectivity index (χ0) is 22.5. The van der Waals surface area contributed by atoms with Crippen molar-refractivity contribution in [2.45, 2.75) is 26.9 Å². The maximum Gasteiger partial charge on any atom is 0.338 e. The predicted octanol–water partition coefficient (Wildman–Crippen LogP) is 3.17. The van der Waals surface area contributed by atoms with E-state index >= 15 is 0 Å². The fourth-order valence-corrected chi connectivity index (χ4v) is 3.25. The highest BCUT2D eigenvalue weighted by molar-refractivity contribution is 5.98. The lowest BCUT2D eigenvalue weighted by Gasteiger charge is -2.08. The molecule has 160 valence electrons. The fraction of sp³-hybridized carbons (Fsp3) is 0.227. The van der Waals surface area contributed by atoms with E-state index in [1.54, 1.807) is 0 Å². The number of amides is 1. The molecule has 1 amide bonds. The third kappa shape index (κ3) is 4.95. The van der Waals surface area contributed by atoms with Gasteiger partial charge in [-0.25, -0.2) is 4.79 Å². The van der Waals surface area contributed by atoms with Crippen LogP contribution in [0.15, 0.2) is 48.5 Å². The topological polar surface area (TPSA) is 116 Å². The quantitative estimate of drug-likeness (QED) is 0.355. The zero-order valence-electron chi connectivity index (χ0n) is 17.4. The van der Waals surface area contributed by atoms with E-state index in [-0.39, 0.29) is 23.4 Å². The molecule has 0 aliphatic heterocycles. The highest BCUT2D eigenvalue weighted by Crippen LogP contribution is 2.19. The summed E-state index contributed by atoms with van der Waals surface area (Å²) in [5.74, 6) is -1.30. The fourth-order valence-electron chi connectivity index (χ4n) is 3.25. The first-order chi connectivity index (χ1) is 14.8. The third-order valence-electron chi connectivity index (χ3n) is 4.94. The van der Waals surface area contributed by atoms with Crippen LogP contribution in [0.4, 0.5) is 5.69 Å². The number of ether oxygens (including phenoxy) is 1. The average Bonchev–Trinajstić information content (AvgIpc) is 3.04. The molecule has 0 aliphatic carbocycles. The Bertz CT molecular complexity index is 1140. The molecule has 0 unspecified atom stereocenters. The number of hydrogen-bond acceptors (Lipinski definition) is 6. The molecule has 31 heavy (non-hydrogen) atoms. The van der Waals surface area contributed by atoms with Crippen molar-refractivity contribution in [2.75, 3.05) is 7.11 Å². The van der Waals surface area contributed by atoms with Gasteiger partial charge < -0.3 is 10.1 Å². The van der Waals surface area contributed by atoms with Crippen LogP contribution in [-0.2, 0) is 17.8 Å². The smallest absolute Gasteiger partial charge is 0.338 e. The summed E-state index contributed by atoms with van der Waals surface area (Å²) >= 11 is 0. The van der Waals surface area contributed by atoms with Crippen molar-refractivity contribution >= 4 is 17.6 Å². The van der Waals surface area contributed by atoms with Gasteiger partial charge in [0.05, 0.1) is 29.8 Å². The number of aromatic nitrogens is 2. The molecular formula is C22H22N4O5. The lowest BCUT2D eigenvalue weighted by atomic mass is 10.1. The third-order valence-corrected chi connectivity index (χ3v) is 4.94. The predicted molar refractivity (Wildman–Crippen MR) is 113 cm³/mol. The average molecular weight is 422 g/mol. The van der Waals surface area contributed by atoms with Crippen molar-refractivity contribution in [2.24, 2.45) is 0 Å². The molecule has 9 heteroatoms. The van der Waals surface area contributed by atoms with E-state index in [1.807, 2.05) is 48.9 Å². The first-order valence-corrected chi connectivity index (χ1v) is 9.53. The van der Waals surface area contributed by atoms with Crippen LogP contribution in [0.2, 0.25) is 0 Å². The number of nitro benzene ring substituents is 1. The largest absolute Gasteiger partial charge is 0.465 e. The van der Waals surface area contributed by atoms with Crippen LogP contribution in [0.25, 0.3) is 0 Å². The van der Waals surface area contributed by atoms with E-state index in [1.165, 1.54) is 13.2 Å². The number of hydrogen-bond donors (Lipinski definition) is 1. The number of nitrogens with zero attached hydrogens (tertiary/aromatic N) is 3. The van der Waals surface area contributed by atoms with Crippen molar-refractivity contribution in [1.82, 2.24) is 15.1 Å². The number of nitro groups is 1. The summed E-state index contributed by atoms with van der Waals surface area (Å²) in [5.41, 5.74) is 3.24. The van der Waals surface area contributed by atoms with Crippen LogP contribution in [0.5, 0.6) is 0 Å². The van der Waals surface area contributed by atoms with Crippen molar-refractivity contribution in [3.05, 3.63) is 92.3 Å². The van der Waals surface area contributed by atoms with Gasteiger partial charge in [-0.15, -0.1) is 0 Å². The minimum absolute atomic E-state index is 0.00147. The summed E-state index contributed by atoms with van der Waals surface area (Å²) in [6.45, 7) is 4.59. The van der Waals surface area contributed by atoms with Crippen molar-refractivity contribution < 1.29 is 19.2 Å². The summed E-state index contributed by atoms with van der Waals surface area (Å²) in [7, 11) is 1.17. The van der Waals surface area contributed by atoms with Crippen LogP contribution in [-0.4, -0.2) is 33.7 Å². The van der Waals surface area contributed by atoms with E-state index in [0.717, 1.165) is 34.6 Å². The summed E-state index contributed by atoms with van der Waals surface area (Å²) in [4.78, 5) is 35.0. The summed E-state index contributed by atoms with van der Waals surface area (Å²) in [6.07, 6.45) is 0. The monoisotopic (exact) mass is 422 g/mol. The highest BCUT2D eigenvalue weighted by Gasteiger charge is 2.19. The molecule has 3 aromatic rings. The molecule has 0 bridgehead atoms. The second-order valence-electron chi connectivity index (χ2n) is 6.99. The molecule has 0 saturated carbocycles. The Kier molecular flexibility index (Phi) is 6.44.